The molecular weight excluding hydrogens is 368 g/mol. The third kappa shape index (κ3) is 3.30. The van der Waals surface area contributed by atoms with Gasteiger partial charge < -0.3 is 9.80 Å². The number of anilines is 1. The molecule has 0 radical (unpaired) electrons. The number of rotatable bonds is 3. The van der Waals surface area contributed by atoms with Crippen molar-refractivity contribution in [2.45, 2.75) is 39.7 Å². The van der Waals surface area contributed by atoms with Gasteiger partial charge in [-0.05, 0) is 33.1 Å². The second-order valence-corrected chi connectivity index (χ2v) is 8.59. The molecule has 3 aliphatic rings. The summed E-state index contributed by atoms with van der Waals surface area (Å²) in [6, 6.07) is 1.46. The Morgan fingerprint density at radius 3 is 2.59 bits per heavy atom. The van der Waals surface area contributed by atoms with Crippen molar-refractivity contribution in [2.24, 2.45) is 11.8 Å². The molecule has 2 aromatic heterocycles. The van der Waals surface area contributed by atoms with E-state index >= 15 is 0 Å². The van der Waals surface area contributed by atoms with E-state index in [1.165, 1.54) is 28.2 Å². The highest BCUT2D eigenvalue weighted by molar-refractivity contribution is 5.76. The number of amides is 1. The summed E-state index contributed by atoms with van der Waals surface area (Å²) in [6.07, 6.45) is 4.76. The van der Waals surface area contributed by atoms with Crippen LogP contribution in [0.3, 0.4) is 0 Å². The van der Waals surface area contributed by atoms with Gasteiger partial charge in [-0.15, -0.1) is 0 Å². The summed E-state index contributed by atoms with van der Waals surface area (Å²) < 4.78 is 1.39. The normalized spacial score (nSPS) is 22.8. The van der Waals surface area contributed by atoms with Crippen LogP contribution < -0.4 is 10.5 Å². The maximum Gasteiger partial charge on any atom is 0.253 e. The van der Waals surface area contributed by atoms with Gasteiger partial charge in [0.1, 0.15) is 18.2 Å². The summed E-state index contributed by atoms with van der Waals surface area (Å²) in [5.41, 5.74) is 3.04. The Balaban J connectivity index is 1.26. The van der Waals surface area contributed by atoms with Crippen LogP contribution in [0, 0.1) is 25.7 Å². The average molecular weight is 394 g/mol. The molecule has 1 amide bonds. The summed E-state index contributed by atoms with van der Waals surface area (Å²) in [5, 5.41) is 0. The summed E-state index contributed by atoms with van der Waals surface area (Å²) in [7, 11) is 0. The Hall–Kier alpha value is -2.77. The average Bonchev–Trinajstić information content (AvgIpc) is 3.37. The van der Waals surface area contributed by atoms with Crippen molar-refractivity contribution in [3.63, 3.8) is 0 Å². The van der Waals surface area contributed by atoms with Crippen LogP contribution in [0.4, 0.5) is 5.82 Å². The zero-order valence-corrected chi connectivity index (χ0v) is 17.0. The van der Waals surface area contributed by atoms with Gasteiger partial charge in [0.2, 0.25) is 5.91 Å². The van der Waals surface area contributed by atoms with Crippen molar-refractivity contribution < 1.29 is 4.79 Å². The van der Waals surface area contributed by atoms with Crippen molar-refractivity contribution in [2.75, 3.05) is 31.1 Å². The van der Waals surface area contributed by atoms with E-state index in [4.69, 9.17) is 4.98 Å². The topological polar surface area (TPSA) is 84.2 Å². The van der Waals surface area contributed by atoms with Crippen molar-refractivity contribution in [3.8, 4) is 0 Å². The monoisotopic (exact) mass is 394 g/mol. The molecule has 2 unspecified atom stereocenters. The molecule has 0 N–H and O–H groups in total. The molecule has 2 aliphatic heterocycles. The third-order valence-corrected chi connectivity index (χ3v) is 6.48. The van der Waals surface area contributed by atoms with Gasteiger partial charge in [0, 0.05) is 61.0 Å². The van der Waals surface area contributed by atoms with Gasteiger partial charge in [-0.2, -0.15) is 0 Å². The van der Waals surface area contributed by atoms with Crippen molar-refractivity contribution in [1.29, 1.82) is 0 Å². The lowest BCUT2D eigenvalue weighted by Crippen LogP contribution is -2.37. The molecule has 8 heteroatoms. The minimum absolute atomic E-state index is 0.00234. The van der Waals surface area contributed by atoms with Gasteiger partial charge in [-0.3, -0.25) is 14.2 Å². The number of likely N-dealkylation sites (tertiary alicyclic amines) is 1. The number of fused-ring (bicyclic) bond motifs is 2. The van der Waals surface area contributed by atoms with Crippen LogP contribution in [0.2, 0.25) is 0 Å². The van der Waals surface area contributed by atoms with Gasteiger partial charge >= 0.3 is 0 Å². The van der Waals surface area contributed by atoms with Gasteiger partial charge in [0.25, 0.3) is 5.56 Å². The van der Waals surface area contributed by atoms with E-state index in [0.717, 1.165) is 57.1 Å². The van der Waals surface area contributed by atoms with E-state index in [9.17, 15) is 9.59 Å². The highest BCUT2D eigenvalue weighted by Gasteiger charge is 2.42. The second kappa shape index (κ2) is 6.93. The summed E-state index contributed by atoms with van der Waals surface area (Å²) >= 11 is 0. The third-order valence-electron chi connectivity index (χ3n) is 6.48. The fourth-order valence-corrected chi connectivity index (χ4v) is 5.05. The van der Waals surface area contributed by atoms with Crippen LogP contribution in [0.25, 0.3) is 0 Å². The van der Waals surface area contributed by atoms with Crippen molar-refractivity contribution >= 4 is 11.7 Å². The minimum atomic E-state index is -0.176. The van der Waals surface area contributed by atoms with Crippen LogP contribution in [0.5, 0.6) is 0 Å². The number of aryl methyl sites for hydroxylation is 3. The number of aromatic nitrogens is 4. The molecule has 1 aliphatic carbocycles. The van der Waals surface area contributed by atoms with Crippen LogP contribution in [0.15, 0.2) is 17.2 Å². The number of nitrogens with zero attached hydrogens (tertiary/aromatic N) is 6. The summed E-state index contributed by atoms with van der Waals surface area (Å²) in [6.45, 7) is 7.18. The first kappa shape index (κ1) is 18.3. The Morgan fingerprint density at radius 1 is 1.10 bits per heavy atom. The van der Waals surface area contributed by atoms with Gasteiger partial charge in [0.15, 0.2) is 0 Å². The van der Waals surface area contributed by atoms with E-state index in [1.54, 1.807) is 6.92 Å². The molecule has 152 valence electrons. The van der Waals surface area contributed by atoms with Gasteiger partial charge in [0.05, 0.1) is 6.33 Å². The lowest BCUT2D eigenvalue weighted by Gasteiger charge is -2.24. The van der Waals surface area contributed by atoms with E-state index < -0.39 is 0 Å². The maximum absolute atomic E-state index is 12.7. The standard InChI is InChI=1S/C21H26N6O2/c1-13-6-19(28)27(12-22-13)11-20(29)25-7-15-9-26(10-16(15)8-25)21-17-4-3-5-18(17)23-14(2)24-21/h6,12,15-16H,3-5,7-11H2,1-2H3. The first-order valence-corrected chi connectivity index (χ1v) is 10.4. The van der Waals surface area contributed by atoms with Crippen LogP contribution in [-0.2, 0) is 24.2 Å². The lowest BCUT2D eigenvalue weighted by atomic mass is 10.0. The van der Waals surface area contributed by atoms with Crippen LogP contribution in [0.1, 0.15) is 29.2 Å². The molecule has 2 saturated heterocycles. The predicted molar refractivity (Wildman–Crippen MR) is 108 cm³/mol. The highest BCUT2D eigenvalue weighted by atomic mass is 16.2. The fourth-order valence-electron chi connectivity index (χ4n) is 5.05. The molecule has 8 nitrogen and oxygen atoms in total. The maximum atomic E-state index is 12.7. The van der Waals surface area contributed by atoms with Gasteiger partial charge in [-0.25, -0.2) is 15.0 Å². The summed E-state index contributed by atoms with van der Waals surface area (Å²) in [5.74, 6) is 2.89. The molecule has 0 bridgehead atoms. The number of carbonyl (C=O) groups excluding carboxylic acids is 1. The number of carbonyl (C=O) groups is 1. The number of hydrogen-bond acceptors (Lipinski definition) is 6. The molecule has 5 rings (SSSR count). The Bertz CT molecular complexity index is 1020. The van der Waals surface area contributed by atoms with Crippen LogP contribution >= 0.6 is 0 Å². The largest absolute Gasteiger partial charge is 0.356 e. The van der Waals surface area contributed by atoms with E-state index in [1.807, 2.05) is 11.8 Å². The van der Waals surface area contributed by atoms with E-state index in [0.29, 0.717) is 17.5 Å². The zero-order chi connectivity index (χ0) is 20.1. The molecule has 0 spiro atoms. The fraction of sp³-hybridized carbons (Fsp3) is 0.571. The SMILES string of the molecule is Cc1cc(=O)n(CC(=O)N2CC3CN(c4nc(C)nc5c4CCC5)CC3C2)cn1. The molecular formula is C21H26N6O2. The zero-order valence-electron chi connectivity index (χ0n) is 17.0. The lowest BCUT2D eigenvalue weighted by molar-refractivity contribution is -0.131. The molecule has 4 heterocycles. The molecule has 0 saturated carbocycles. The van der Waals surface area contributed by atoms with Crippen molar-refractivity contribution in [1.82, 2.24) is 24.4 Å². The Labute approximate surface area is 169 Å². The van der Waals surface area contributed by atoms with E-state index in [2.05, 4.69) is 14.9 Å². The van der Waals surface area contributed by atoms with Gasteiger partial charge in [-0.1, -0.05) is 0 Å². The van der Waals surface area contributed by atoms with Crippen molar-refractivity contribution in [3.05, 3.63) is 45.5 Å². The molecule has 29 heavy (non-hydrogen) atoms. The molecule has 2 aromatic rings. The van der Waals surface area contributed by atoms with E-state index in [-0.39, 0.29) is 18.0 Å². The van der Waals surface area contributed by atoms with Crippen LogP contribution in [-0.4, -0.2) is 56.5 Å². The molecule has 2 fully saturated rings. The number of hydrogen-bond donors (Lipinski definition) is 0. The minimum Gasteiger partial charge on any atom is -0.356 e. The second-order valence-electron chi connectivity index (χ2n) is 8.59. The highest BCUT2D eigenvalue weighted by Crippen LogP contribution is 2.37. The quantitative estimate of drug-likeness (QED) is 0.763. The predicted octanol–water partition coefficient (Wildman–Crippen LogP) is 0.734. The first-order chi connectivity index (χ1) is 14.0. The molecule has 2 atom stereocenters. The molecule has 0 aromatic carbocycles. The smallest absolute Gasteiger partial charge is 0.253 e. The Kier molecular flexibility index (Phi) is 4.37. The Morgan fingerprint density at radius 2 is 1.86 bits per heavy atom. The summed E-state index contributed by atoms with van der Waals surface area (Å²) in [4.78, 5) is 42.6. The first-order valence-electron chi connectivity index (χ1n) is 10.4.